The maximum Gasteiger partial charge on any atom is 0.202 e. The number of fused-ring (bicyclic) bond motifs is 3. The van der Waals surface area contributed by atoms with E-state index < -0.39 is 82.6 Å². The third-order valence-corrected chi connectivity index (χ3v) is 13.1. The van der Waals surface area contributed by atoms with Crippen molar-refractivity contribution in [2.45, 2.75) is 82.7 Å². The summed E-state index contributed by atoms with van der Waals surface area (Å²) in [6.45, 7) is 6.39. The highest BCUT2D eigenvalue weighted by Gasteiger charge is 2.49. The number of likely N-dealkylation sites (N-methyl/N-ethyl adjacent to an activating group) is 1. The Morgan fingerprint density at radius 2 is 1.52 bits per heavy atom. The number of carbonyl (C=O) groups is 3. The first-order valence-electron chi connectivity index (χ1n) is 22.3. The summed E-state index contributed by atoms with van der Waals surface area (Å²) in [5.74, 6) is -2.47. The van der Waals surface area contributed by atoms with E-state index in [-0.39, 0.29) is 40.8 Å². The lowest BCUT2D eigenvalue weighted by Crippen LogP contribution is -2.56. The molecule has 6 atom stereocenters. The number of aliphatic hydroxyl groups excluding tert-OH is 1. The minimum Gasteiger partial charge on any atom is -0.507 e. The van der Waals surface area contributed by atoms with Crippen molar-refractivity contribution in [1.82, 2.24) is 10.2 Å². The van der Waals surface area contributed by atoms with Gasteiger partial charge in [0.15, 0.2) is 17.9 Å². The van der Waals surface area contributed by atoms with Crippen LogP contribution in [0.1, 0.15) is 106 Å². The van der Waals surface area contributed by atoms with E-state index in [1.807, 2.05) is 36.2 Å². The van der Waals surface area contributed by atoms with E-state index in [4.69, 9.17) is 18.9 Å². The van der Waals surface area contributed by atoms with Crippen LogP contribution in [0, 0.1) is 0 Å². The van der Waals surface area contributed by atoms with Gasteiger partial charge in [-0.05, 0) is 73.4 Å². The molecule has 5 aromatic rings. The summed E-state index contributed by atoms with van der Waals surface area (Å²) in [7, 11) is 3.28. The number of phenolic OH excluding ortho intramolecular Hbond substituents is 2. The molecule has 8 rings (SSSR count). The van der Waals surface area contributed by atoms with Crippen molar-refractivity contribution in [3.8, 4) is 23.0 Å². The number of Topliss-reactive ketones (excluding diaryl/α,β-unsaturated/α-hetero) is 1. The zero-order valence-electron chi connectivity index (χ0n) is 37.7. The standard InChI is InChI=1S/C53H56N2O11/c1-6-36(32-14-9-7-10-15-32)43(33-16-11-8-12-17-33)34-20-22-35(23-21-34)64-25-24-55(4)29-54-39-26-42(65-30(2)48(39)57)66-41-28-53(62,31(3)56)27-38-45(41)52(61)47-46(50(38)59)49(58)37-18-13-19-40(63-5)44(37)51(47)60/h7-23,30,39,41-42,48,54,57,59,61-62H,6,24-29H2,1-5H3/b43-36-/t30?,39?,41-,42?,48?,53-/m0/s1. The van der Waals surface area contributed by atoms with E-state index in [2.05, 4.69) is 72.9 Å². The molecule has 3 aliphatic rings. The minimum absolute atomic E-state index is 0.0205. The SMILES string of the molecule is CC/C(=C(\c1ccccc1)c1ccc(OCCN(C)CNC2CC(O[C@H]3C[C@](O)(C(C)=O)Cc4c(O)c5c(c(O)c43)C(=O)c3c(OC)cccc3C5=O)OC(C)C2O)cc1)c1ccccc1. The van der Waals surface area contributed by atoms with Crippen LogP contribution in [-0.2, 0) is 20.7 Å². The number of nitrogens with one attached hydrogen (secondary N) is 1. The van der Waals surface area contributed by atoms with E-state index in [1.165, 1.54) is 48.9 Å². The van der Waals surface area contributed by atoms with Crippen LogP contribution in [0.2, 0.25) is 0 Å². The predicted molar refractivity (Wildman–Crippen MR) is 248 cm³/mol. The van der Waals surface area contributed by atoms with Crippen molar-refractivity contribution >= 4 is 28.5 Å². The number of carbonyl (C=O) groups excluding carboxylic acids is 3. The van der Waals surface area contributed by atoms with Crippen molar-refractivity contribution in [3.63, 3.8) is 0 Å². The number of aromatic hydroxyl groups is 2. The fourth-order valence-corrected chi connectivity index (χ4v) is 9.50. The molecule has 0 saturated carbocycles. The summed E-state index contributed by atoms with van der Waals surface area (Å²) in [5, 5.41) is 49.8. The Balaban J connectivity index is 0.939. The second-order valence-corrected chi connectivity index (χ2v) is 17.3. The Hall–Kier alpha value is -6.19. The van der Waals surface area contributed by atoms with Gasteiger partial charge in [-0.15, -0.1) is 0 Å². The average molecular weight is 897 g/mol. The number of hydrogen-bond acceptors (Lipinski definition) is 13. The van der Waals surface area contributed by atoms with E-state index in [9.17, 15) is 34.8 Å². The van der Waals surface area contributed by atoms with Crippen LogP contribution in [0.5, 0.6) is 23.0 Å². The molecule has 1 saturated heterocycles. The molecule has 66 heavy (non-hydrogen) atoms. The summed E-state index contributed by atoms with van der Waals surface area (Å²) in [4.78, 5) is 42.8. The molecule has 0 radical (unpaired) electrons. The maximum atomic E-state index is 14.0. The third-order valence-electron chi connectivity index (χ3n) is 13.1. The summed E-state index contributed by atoms with van der Waals surface area (Å²) in [5.41, 5.74) is 2.75. The summed E-state index contributed by atoms with van der Waals surface area (Å²) in [6, 6.07) is 32.9. The lowest BCUT2D eigenvalue weighted by atomic mass is 9.72. The van der Waals surface area contributed by atoms with Crippen LogP contribution in [0.15, 0.2) is 103 Å². The number of hydrogen-bond donors (Lipinski definition) is 5. The highest BCUT2D eigenvalue weighted by Crippen LogP contribution is 2.52. The van der Waals surface area contributed by atoms with E-state index in [0.717, 1.165) is 23.3 Å². The van der Waals surface area contributed by atoms with E-state index in [1.54, 1.807) is 6.92 Å². The lowest BCUT2D eigenvalue weighted by Gasteiger charge is -2.43. The smallest absolute Gasteiger partial charge is 0.202 e. The molecule has 13 heteroatoms. The number of methoxy groups -OCH3 is 1. The molecule has 1 aliphatic heterocycles. The van der Waals surface area contributed by atoms with Crippen LogP contribution in [0.3, 0.4) is 0 Å². The number of benzene rings is 5. The van der Waals surface area contributed by atoms with Crippen LogP contribution in [0.25, 0.3) is 11.1 Å². The molecule has 0 aromatic heterocycles. The topological polar surface area (TPSA) is 184 Å². The Kier molecular flexibility index (Phi) is 13.6. The van der Waals surface area contributed by atoms with Crippen molar-refractivity contribution in [2.75, 3.05) is 34.0 Å². The second-order valence-electron chi connectivity index (χ2n) is 17.3. The largest absolute Gasteiger partial charge is 0.507 e. The van der Waals surface area contributed by atoms with E-state index in [0.29, 0.717) is 19.8 Å². The van der Waals surface area contributed by atoms with Crippen LogP contribution < -0.4 is 14.8 Å². The van der Waals surface area contributed by atoms with Gasteiger partial charge in [0, 0.05) is 55.2 Å². The van der Waals surface area contributed by atoms with Gasteiger partial charge >= 0.3 is 0 Å². The number of nitrogens with zero attached hydrogens (tertiary/aromatic N) is 1. The molecule has 5 aromatic carbocycles. The first kappa shape index (κ1) is 46.3. The molecule has 2 aliphatic carbocycles. The van der Waals surface area contributed by atoms with Gasteiger partial charge in [0.25, 0.3) is 0 Å². The molecule has 344 valence electrons. The maximum absolute atomic E-state index is 14.0. The van der Waals surface area contributed by atoms with Crippen molar-refractivity contribution in [3.05, 3.63) is 153 Å². The van der Waals surface area contributed by atoms with Crippen LogP contribution >= 0.6 is 0 Å². The summed E-state index contributed by atoms with van der Waals surface area (Å²) < 4.78 is 24.1. The molecule has 1 fully saturated rings. The van der Waals surface area contributed by atoms with Crippen molar-refractivity contribution in [1.29, 1.82) is 0 Å². The molecule has 4 unspecified atom stereocenters. The molecule has 0 amide bonds. The zero-order valence-corrected chi connectivity index (χ0v) is 37.7. The second kappa shape index (κ2) is 19.3. The van der Waals surface area contributed by atoms with Crippen molar-refractivity contribution in [2.24, 2.45) is 0 Å². The molecular formula is C53H56N2O11. The Bertz CT molecular complexity index is 2650. The van der Waals surface area contributed by atoms with Gasteiger partial charge in [-0.2, -0.15) is 0 Å². The van der Waals surface area contributed by atoms with Crippen LogP contribution in [0.4, 0.5) is 0 Å². The summed E-state index contributed by atoms with van der Waals surface area (Å²) in [6.07, 6.45) is -3.77. The van der Waals surface area contributed by atoms with Gasteiger partial charge in [-0.1, -0.05) is 91.9 Å². The van der Waals surface area contributed by atoms with Gasteiger partial charge in [-0.25, -0.2) is 0 Å². The average Bonchev–Trinajstić information content (AvgIpc) is 3.32. The lowest BCUT2D eigenvalue weighted by molar-refractivity contribution is -0.250. The van der Waals surface area contributed by atoms with Gasteiger partial charge in [0.1, 0.15) is 35.2 Å². The highest BCUT2D eigenvalue weighted by molar-refractivity contribution is 6.31. The number of aliphatic hydroxyl groups is 2. The molecule has 1 heterocycles. The Labute approximate surface area is 384 Å². The quantitative estimate of drug-likeness (QED) is 0.0404. The number of phenols is 2. The first-order chi connectivity index (χ1) is 31.7. The first-order valence-corrected chi connectivity index (χ1v) is 22.3. The fourth-order valence-electron chi connectivity index (χ4n) is 9.50. The van der Waals surface area contributed by atoms with Gasteiger partial charge in [0.05, 0.1) is 42.1 Å². The number of rotatable bonds is 15. The van der Waals surface area contributed by atoms with Crippen LogP contribution in [-0.4, -0.2) is 107 Å². The Morgan fingerprint density at radius 1 is 0.864 bits per heavy atom. The minimum atomic E-state index is -2.05. The monoisotopic (exact) mass is 896 g/mol. The molecule has 0 bridgehead atoms. The highest BCUT2D eigenvalue weighted by atomic mass is 16.7. The normalized spacial score (nSPS) is 22.8. The summed E-state index contributed by atoms with van der Waals surface area (Å²) >= 11 is 0. The van der Waals surface area contributed by atoms with Gasteiger partial charge in [0.2, 0.25) is 5.78 Å². The molecular weight excluding hydrogens is 841 g/mol. The number of ketones is 3. The zero-order chi connectivity index (χ0) is 46.9. The molecule has 13 nitrogen and oxygen atoms in total. The molecule has 0 spiro atoms. The number of ether oxygens (including phenoxy) is 4. The van der Waals surface area contributed by atoms with E-state index >= 15 is 0 Å². The Morgan fingerprint density at radius 3 is 2.17 bits per heavy atom. The van der Waals surface area contributed by atoms with Gasteiger partial charge < -0.3 is 39.4 Å². The van der Waals surface area contributed by atoms with Crippen molar-refractivity contribution < 1.29 is 53.8 Å². The predicted octanol–water partition coefficient (Wildman–Crippen LogP) is 7.00. The third kappa shape index (κ3) is 8.90. The molecule has 5 N–H and O–H groups in total. The number of allylic oxidation sites excluding steroid dienone is 1. The van der Waals surface area contributed by atoms with Gasteiger partial charge in [-0.3, -0.25) is 24.6 Å². The fraction of sp³-hybridized carbons (Fsp3) is 0.340.